The second kappa shape index (κ2) is 11.1. The number of carbonyl (C=O) groups is 1. The molecule has 10 nitrogen and oxygen atoms in total. The first kappa shape index (κ1) is 24.5. The summed E-state index contributed by atoms with van der Waals surface area (Å²) in [4.78, 5) is 12.1. The lowest BCUT2D eigenvalue weighted by Gasteiger charge is -2.39. The van der Waals surface area contributed by atoms with E-state index in [0.717, 1.165) is 0 Å². The van der Waals surface area contributed by atoms with Crippen LogP contribution in [0.2, 0.25) is 0 Å². The molecule has 0 aromatic heterocycles. The summed E-state index contributed by atoms with van der Waals surface area (Å²) in [7, 11) is 2.76. The summed E-state index contributed by atoms with van der Waals surface area (Å²) < 4.78 is 27.0. The van der Waals surface area contributed by atoms with Gasteiger partial charge in [0, 0.05) is 6.08 Å². The first-order valence-corrected chi connectivity index (χ1v) is 10.1. The largest absolute Gasteiger partial charge is 0.493 e. The van der Waals surface area contributed by atoms with Gasteiger partial charge in [0.15, 0.2) is 11.5 Å². The van der Waals surface area contributed by atoms with E-state index in [2.05, 4.69) is 0 Å². The summed E-state index contributed by atoms with van der Waals surface area (Å²) in [5.74, 6) is 0.240. The summed E-state index contributed by atoms with van der Waals surface area (Å²) in [5, 5.41) is 39.5. The number of carbonyl (C=O) groups excluding carboxylic acids is 1. The molecule has 3 rings (SSSR count). The van der Waals surface area contributed by atoms with Gasteiger partial charge in [-0.25, -0.2) is 4.79 Å². The molecule has 0 aliphatic carbocycles. The normalized spacial score (nSPS) is 25.0. The predicted octanol–water partition coefficient (Wildman–Crippen LogP) is 0.501. The zero-order valence-corrected chi connectivity index (χ0v) is 18.0. The molecule has 1 saturated heterocycles. The molecule has 1 heterocycles. The Kier molecular flexibility index (Phi) is 8.26. The van der Waals surface area contributed by atoms with Crippen LogP contribution in [0.5, 0.6) is 23.0 Å². The van der Waals surface area contributed by atoms with Crippen LogP contribution in [0.4, 0.5) is 0 Å². The highest BCUT2D eigenvalue weighted by Crippen LogP contribution is 2.40. The minimum atomic E-state index is -1.61. The Labute approximate surface area is 190 Å². The number of rotatable bonds is 8. The Morgan fingerprint density at radius 3 is 2.21 bits per heavy atom. The lowest BCUT2D eigenvalue weighted by Crippen LogP contribution is -2.60. The Morgan fingerprint density at radius 1 is 1.00 bits per heavy atom. The molecule has 0 spiro atoms. The SMILES string of the molecule is COc1cc(C=CC(=O)Oc2ccccc2)cc(OC)c1O[C@@H]1O[C@H](CO)[C@H](O)[C@H](O)[C@H]1O. The molecule has 4 N–H and O–H groups in total. The number of aliphatic hydroxyl groups excluding tert-OH is 4. The molecular weight excluding hydrogens is 436 g/mol. The van der Waals surface area contributed by atoms with Gasteiger partial charge in [-0.15, -0.1) is 0 Å². The number of hydrogen-bond donors (Lipinski definition) is 4. The van der Waals surface area contributed by atoms with Crippen LogP contribution in [0.1, 0.15) is 5.56 Å². The quantitative estimate of drug-likeness (QED) is 0.249. The van der Waals surface area contributed by atoms with E-state index in [1.54, 1.807) is 42.5 Å². The van der Waals surface area contributed by atoms with Crippen molar-refractivity contribution in [2.24, 2.45) is 0 Å². The topological polar surface area (TPSA) is 144 Å². The van der Waals surface area contributed by atoms with Gasteiger partial charge >= 0.3 is 5.97 Å². The van der Waals surface area contributed by atoms with Gasteiger partial charge in [-0.05, 0) is 35.9 Å². The molecule has 1 aliphatic rings. The maximum atomic E-state index is 12.1. The van der Waals surface area contributed by atoms with E-state index in [1.807, 2.05) is 0 Å². The molecule has 1 aliphatic heterocycles. The van der Waals surface area contributed by atoms with Crippen molar-refractivity contribution < 1.29 is 48.9 Å². The molecule has 5 atom stereocenters. The molecule has 1 fully saturated rings. The fourth-order valence-corrected chi connectivity index (χ4v) is 3.20. The Bertz CT molecular complexity index is 934. The van der Waals surface area contributed by atoms with Crippen LogP contribution in [0.3, 0.4) is 0 Å². The number of esters is 1. The van der Waals surface area contributed by atoms with Crippen molar-refractivity contribution in [3.63, 3.8) is 0 Å². The molecule has 178 valence electrons. The number of aliphatic hydroxyl groups is 4. The van der Waals surface area contributed by atoms with Gasteiger partial charge in [-0.2, -0.15) is 0 Å². The van der Waals surface area contributed by atoms with Gasteiger partial charge in [0.05, 0.1) is 20.8 Å². The summed E-state index contributed by atoms with van der Waals surface area (Å²) in [6.07, 6.45) is -4.56. The van der Waals surface area contributed by atoms with E-state index in [0.29, 0.717) is 11.3 Å². The molecule has 0 radical (unpaired) electrons. The summed E-state index contributed by atoms with van der Waals surface area (Å²) >= 11 is 0. The molecule has 0 amide bonds. The first-order chi connectivity index (χ1) is 15.9. The van der Waals surface area contributed by atoms with Crippen LogP contribution >= 0.6 is 0 Å². The lowest BCUT2D eigenvalue weighted by molar-refractivity contribution is -0.277. The number of para-hydroxylation sites is 1. The minimum Gasteiger partial charge on any atom is -0.493 e. The van der Waals surface area contributed by atoms with Crippen molar-refractivity contribution in [2.75, 3.05) is 20.8 Å². The number of ether oxygens (including phenoxy) is 5. The van der Waals surface area contributed by atoms with E-state index in [-0.39, 0.29) is 17.2 Å². The lowest BCUT2D eigenvalue weighted by atomic mass is 9.99. The molecule has 0 saturated carbocycles. The molecule has 33 heavy (non-hydrogen) atoms. The van der Waals surface area contributed by atoms with Crippen molar-refractivity contribution in [1.82, 2.24) is 0 Å². The second-order valence-electron chi connectivity index (χ2n) is 7.14. The van der Waals surface area contributed by atoms with E-state index in [1.165, 1.54) is 26.4 Å². The van der Waals surface area contributed by atoms with Crippen molar-refractivity contribution in [1.29, 1.82) is 0 Å². The van der Waals surface area contributed by atoms with Crippen molar-refractivity contribution in [3.8, 4) is 23.0 Å². The standard InChI is InChI=1S/C23H26O10/c1-29-15-10-13(8-9-18(25)31-14-6-4-3-5-7-14)11-16(30-2)22(15)33-23-21(28)20(27)19(26)17(12-24)32-23/h3-11,17,19-21,23-24,26-28H,12H2,1-2H3/t17-,19+,20+,21-,23+/m1/s1. The first-order valence-electron chi connectivity index (χ1n) is 10.1. The Morgan fingerprint density at radius 2 is 1.64 bits per heavy atom. The number of benzene rings is 2. The zero-order chi connectivity index (χ0) is 24.0. The molecule has 2 aromatic carbocycles. The van der Waals surface area contributed by atoms with Crippen molar-refractivity contribution in [3.05, 3.63) is 54.1 Å². The van der Waals surface area contributed by atoms with Gasteiger partial charge in [-0.1, -0.05) is 18.2 Å². The molecule has 10 heteroatoms. The van der Waals surface area contributed by atoms with Gasteiger partial charge in [-0.3, -0.25) is 0 Å². The summed E-state index contributed by atoms with van der Waals surface area (Å²) in [5.41, 5.74) is 0.523. The van der Waals surface area contributed by atoms with Crippen LogP contribution in [0.15, 0.2) is 48.5 Å². The highest BCUT2D eigenvalue weighted by Gasteiger charge is 2.45. The number of methoxy groups -OCH3 is 2. The average molecular weight is 462 g/mol. The molecular formula is C23H26O10. The van der Waals surface area contributed by atoms with Crippen molar-refractivity contribution in [2.45, 2.75) is 30.7 Å². The highest BCUT2D eigenvalue weighted by atomic mass is 16.7. The smallest absolute Gasteiger partial charge is 0.336 e. The summed E-state index contributed by atoms with van der Waals surface area (Å²) in [6, 6.07) is 11.7. The fourth-order valence-electron chi connectivity index (χ4n) is 3.20. The van der Waals surface area contributed by atoms with Crippen LogP contribution in [0, 0.1) is 0 Å². The predicted molar refractivity (Wildman–Crippen MR) is 115 cm³/mol. The van der Waals surface area contributed by atoms with Crippen LogP contribution in [-0.4, -0.2) is 77.9 Å². The van der Waals surface area contributed by atoms with E-state index < -0.39 is 43.3 Å². The molecule has 0 unspecified atom stereocenters. The third kappa shape index (κ3) is 5.81. The third-order valence-electron chi connectivity index (χ3n) is 4.94. The zero-order valence-electron chi connectivity index (χ0n) is 18.0. The number of hydrogen-bond acceptors (Lipinski definition) is 10. The van der Waals surface area contributed by atoms with E-state index in [9.17, 15) is 25.2 Å². The highest BCUT2D eigenvalue weighted by molar-refractivity contribution is 5.89. The van der Waals surface area contributed by atoms with Crippen LogP contribution in [0.25, 0.3) is 6.08 Å². The van der Waals surface area contributed by atoms with Gasteiger partial charge < -0.3 is 44.1 Å². The fraction of sp³-hybridized carbons (Fsp3) is 0.348. The van der Waals surface area contributed by atoms with Crippen LogP contribution < -0.4 is 18.9 Å². The Hall–Kier alpha value is -3.15. The van der Waals surface area contributed by atoms with Gasteiger partial charge in [0.25, 0.3) is 0 Å². The minimum absolute atomic E-state index is 0.0494. The second-order valence-corrected chi connectivity index (χ2v) is 7.14. The van der Waals surface area contributed by atoms with Gasteiger partial charge in [0.1, 0.15) is 30.2 Å². The maximum Gasteiger partial charge on any atom is 0.336 e. The van der Waals surface area contributed by atoms with E-state index in [4.69, 9.17) is 23.7 Å². The average Bonchev–Trinajstić information content (AvgIpc) is 2.83. The third-order valence-corrected chi connectivity index (χ3v) is 4.94. The monoisotopic (exact) mass is 462 g/mol. The molecule has 2 aromatic rings. The molecule has 0 bridgehead atoms. The van der Waals surface area contributed by atoms with Crippen LogP contribution in [-0.2, 0) is 9.53 Å². The van der Waals surface area contributed by atoms with Crippen molar-refractivity contribution >= 4 is 12.0 Å². The maximum absolute atomic E-state index is 12.1. The Balaban J connectivity index is 1.80. The summed E-state index contributed by atoms with van der Waals surface area (Å²) in [6.45, 7) is -0.595. The van der Waals surface area contributed by atoms with Gasteiger partial charge in [0.2, 0.25) is 12.0 Å². The van der Waals surface area contributed by atoms with E-state index >= 15 is 0 Å².